The average Bonchev–Trinajstić information content (AvgIpc) is 3.04. The monoisotopic (exact) mass is 282 g/mol. The summed E-state index contributed by atoms with van der Waals surface area (Å²) in [5.41, 5.74) is 1.49. The quantitative estimate of drug-likeness (QED) is 0.797. The topological polar surface area (TPSA) is 62.1 Å². The number of imidazole rings is 1. The van der Waals surface area contributed by atoms with Crippen molar-refractivity contribution in [3.63, 3.8) is 0 Å². The summed E-state index contributed by atoms with van der Waals surface area (Å²) in [7, 11) is 1.58. The summed E-state index contributed by atoms with van der Waals surface area (Å²) in [4.78, 5) is 13.0. The molecule has 3 rings (SSSR count). The molecule has 1 saturated heterocycles. The van der Waals surface area contributed by atoms with E-state index >= 15 is 0 Å². The molecule has 0 amide bonds. The molecule has 1 unspecified atom stereocenters. The van der Waals surface area contributed by atoms with Crippen molar-refractivity contribution in [3.05, 3.63) is 12.2 Å². The maximum absolute atomic E-state index is 5.86. The lowest BCUT2D eigenvalue weighted by atomic mass is 10.2. The molecular weight excluding hydrogens is 268 g/mol. The molecule has 0 N–H and O–H groups in total. The van der Waals surface area contributed by atoms with Gasteiger partial charge in [-0.3, -0.25) is 0 Å². The van der Waals surface area contributed by atoms with Gasteiger partial charge < -0.3 is 14.0 Å². The van der Waals surface area contributed by atoms with Gasteiger partial charge in [-0.05, 0) is 6.42 Å². The largest absolute Gasteiger partial charge is 0.479 e. The van der Waals surface area contributed by atoms with E-state index in [0.717, 1.165) is 24.5 Å². The van der Waals surface area contributed by atoms with Crippen LogP contribution in [0.1, 0.15) is 18.3 Å². The van der Waals surface area contributed by atoms with Crippen molar-refractivity contribution in [3.8, 4) is 5.88 Å². The number of hydrogen-bond donors (Lipinski definition) is 0. The molecule has 102 valence electrons. The Bertz CT molecular complexity index is 580. The van der Waals surface area contributed by atoms with Gasteiger partial charge in [0, 0.05) is 18.9 Å². The number of alkyl halides is 1. The summed E-state index contributed by atoms with van der Waals surface area (Å²) in [6, 6.07) is 0.267. The Morgan fingerprint density at radius 2 is 2.42 bits per heavy atom. The molecule has 0 radical (unpaired) electrons. The third-order valence-corrected chi connectivity index (χ3v) is 3.49. The third kappa shape index (κ3) is 2.15. The van der Waals surface area contributed by atoms with Gasteiger partial charge in [-0.25, -0.2) is 9.97 Å². The van der Waals surface area contributed by atoms with Gasteiger partial charge in [0.15, 0.2) is 11.2 Å². The van der Waals surface area contributed by atoms with Gasteiger partial charge in [0.25, 0.3) is 0 Å². The molecule has 0 aliphatic carbocycles. The predicted octanol–water partition coefficient (Wildman–Crippen LogP) is 1.58. The highest BCUT2D eigenvalue weighted by molar-refractivity contribution is 6.17. The summed E-state index contributed by atoms with van der Waals surface area (Å²) in [6.45, 7) is 1.46. The molecule has 6 nitrogen and oxygen atoms in total. The van der Waals surface area contributed by atoms with Crippen LogP contribution in [0.2, 0.25) is 0 Å². The van der Waals surface area contributed by atoms with E-state index in [1.165, 1.54) is 6.33 Å². The van der Waals surface area contributed by atoms with E-state index < -0.39 is 0 Å². The fourth-order valence-corrected chi connectivity index (χ4v) is 2.62. The van der Waals surface area contributed by atoms with E-state index in [4.69, 9.17) is 21.1 Å². The van der Waals surface area contributed by atoms with Crippen LogP contribution in [0.25, 0.3) is 11.2 Å². The molecule has 0 bridgehead atoms. The highest BCUT2D eigenvalue weighted by Crippen LogP contribution is 2.29. The number of hydrogen-bond acceptors (Lipinski definition) is 5. The summed E-state index contributed by atoms with van der Waals surface area (Å²) < 4.78 is 12.8. The van der Waals surface area contributed by atoms with E-state index in [2.05, 4.69) is 19.5 Å². The zero-order valence-electron chi connectivity index (χ0n) is 10.7. The maximum atomic E-state index is 5.86. The van der Waals surface area contributed by atoms with Crippen LogP contribution in [0, 0.1) is 0 Å². The summed E-state index contributed by atoms with van der Waals surface area (Å²) in [5.74, 6) is 1.94. The summed E-state index contributed by atoms with van der Waals surface area (Å²) in [5, 5.41) is 0. The predicted molar refractivity (Wildman–Crippen MR) is 70.8 cm³/mol. The van der Waals surface area contributed by atoms with Gasteiger partial charge in [-0.1, -0.05) is 0 Å². The Morgan fingerprint density at radius 1 is 1.53 bits per heavy atom. The van der Waals surface area contributed by atoms with Crippen LogP contribution < -0.4 is 4.74 Å². The molecule has 19 heavy (non-hydrogen) atoms. The van der Waals surface area contributed by atoms with Crippen molar-refractivity contribution in [1.29, 1.82) is 0 Å². The Hall–Kier alpha value is -1.40. The molecule has 0 saturated carbocycles. The van der Waals surface area contributed by atoms with Crippen molar-refractivity contribution in [1.82, 2.24) is 19.5 Å². The minimum absolute atomic E-state index is 0.267. The highest BCUT2D eigenvalue weighted by Gasteiger charge is 2.25. The number of ether oxygens (including phenoxy) is 2. The summed E-state index contributed by atoms with van der Waals surface area (Å²) >= 11 is 5.86. The number of aromatic nitrogens is 4. The van der Waals surface area contributed by atoms with Gasteiger partial charge in [0.1, 0.15) is 12.2 Å². The smallest absolute Gasteiger partial charge is 0.245 e. The second-order valence-corrected chi connectivity index (χ2v) is 4.79. The van der Waals surface area contributed by atoms with Crippen LogP contribution in [0.15, 0.2) is 6.33 Å². The van der Waals surface area contributed by atoms with Crippen molar-refractivity contribution >= 4 is 22.8 Å². The van der Waals surface area contributed by atoms with E-state index in [0.29, 0.717) is 30.3 Å². The van der Waals surface area contributed by atoms with Crippen LogP contribution in [0.5, 0.6) is 5.88 Å². The second kappa shape index (κ2) is 5.30. The maximum Gasteiger partial charge on any atom is 0.245 e. The van der Waals surface area contributed by atoms with Crippen LogP contribution in [-0.4, -0.2) is 45.7 Å². The first-order valence-corrected chi connectivity index (χ1v) is 6.78. The van der Waals surface area contributed by atoms with Crippen LogP contribution >= 0.6 is 11.6 Å². The number of rotatable bonds is 4. The van der Waals surface area contributed by atoms with E-state index in [1.807, 2.05) is 0 Å². The Morgan fingerprint density at radius 3 is 3.11 bits per heavy atom. The molecule has 2 aromatic heterocycles. The van der Waals surface area contributed by atoms with Gasteiger partial charge in [-0.15, -0.1) is 11.6 Å². The van der Waals surface area contributed by atoms with Crippen LogP contribution in [-0.2, 0) is 11.2 Å². The molecule has 2 aromatic rings. The van der Waals surface area contributed by atoms with Gasteiger partial charge in [-0.2, -0.15) is 4.98 Å². The van der Waals surface area contributed by atoms with Gasteiger partial charge >= 0.3 is 0 Å². The Labute approximate surface area is 115 Å². The highest BCUT2D eigenvalue weighted by atomic mass is 35.5. The summed E-state index contributed by atoms with van der Waals surface area (Å²) in [6.07, 6.45) is 3.16. The lowest BCUT2D eigenvalue weighted by molar-refractivity contribution is 0.186. The van der Waals surface area contributed by atoms with Gasteiger partial charge in [0.2, 0.25) is 5.88 Å². The van der Waals surface area contributed by atoms with E-state index in [-0.39, 0.29) is 6.04 Å². The Kier molecular flexibility index (Phi) is 3.52. The van der Waals surface area contributed by atoms with Gasteiger partial charge in [0.05, 0.1) is 19.8 Å². The standard InChI is InChI=1S/C12H15ClN4O2/c1-18-12-10-11(14-7-15-12)17(8-3-5-19-6-8)9(16-10)2-4-13/h7-8H,2-6H2,1H3. The Balaban J connectivity index is 2.17. The molecule has 0 spiro atoms. The molecule has 1 fully saturated rings. The minimum atomic E-state index is 0.267. The molecule has 1 aliphatic rings. The number of methoxy groups -OCH3 is 1. The molecular formula is C12H15ClN4O2. The zero-order valence-corrected chi connectivity index (χ0v) is 11.4. The van der Waals surface area contributed by atoms with Crippen LogP contribution in [0.3, 0.4) is 0 Å². The first-order valence-electron chi connectivity index (χ1n) is 6.24. The molecule has 1 atom stereocenters. The fourth-order valence-electron chi connectivity index (χ4n) is 2.45. The lowest BCUT2D eigenvalue weighted by Crippen LogP contribution is -2.13. The molecule has 1 aliphatic heterocycles. The van der Waals surface area contributed by atoms with Crippen molar-refractivity contribution in [2.75, 3.05) is 26.2 Å². The van der Waals surface area contributed by atoms with Crippen LogP contribution in [0.4, 0.5) is 0 Å². The minimum Gasteiger partial charge on any atom is -0.479 e. The zero-order chi connectivity index (χ0) is 13.2. The fraction of sp³-hybridized carbons (Fsp3) is 0.583. The normalized spacial score (nSPS) is 19.2. The third-order valence-electron chi connectivity index (χ3n) is 3.30. The molecule has 3 heterocycles. The molecule has 7 heteroatoms. The number of aryl methyl sites for hydroxylation is 1. The number of halogens is 1. The first-order chi connectivity index (χ1) is 9.35. The average molecular weight is 283 g/mol. The number of fused-ring (bicyclic) bond motifs is 1. The number of nitrogens with zero attached hydrogens (tertiary/aromatic N) is 4. The second-order valence-electron chi connectivity index (χ2n) is 4.41. The van der Waals surface area contributed by atoms with Crippen molar-refractivity contribution in [2.24, 2.45) is 0 Å². The van der Waals surface area contributed by atoms with Crippen molar-refractivity contribution in [2.45, 2.75) is 18.9 Å². The SMILES string of the molecule is COc1ncnc2c1nc(CCCl)n2C1CCOC1. The molecule has 0 aromatic carbocycles. The van der Waals surface area contributed by atoms with Crippen molar-refractivity contribution < 1.29 is 9.47 Å². The lowest BCUT2D eigenvalue weighted by Gasteiger charge is -2.13. The first kappa shape index (κ1) is 12.6. The van der Waals surface area contributed by atoms with E-state index in [9.17, 15) is 0 Å². The van der Waals surface area contributed by atoms with E-state index in [1.54, 1.807) is 7.11 Å².